The van der Waals surface area contributed by atoms with Gasteiger partial charge in [0.15, 0.2) is 5.01 Å². The maximum absolute atomic E-state index is 12.3. The predicted octanol–water partition coefficient (Wildman–Crippen LogP) is 2.91. The molecule has 1 aliphatic heterocycles. The highest BCUT2D eigenvalue weighted by Gasteiger charge is 2.36. The molecule has 0 radical (unpaired) electrons. The molecule has 0 aliphatic carbocycles. The molecule has 0 saturated carbocycles. The fraction of sp³-hybridized carbons (Fsp3) is 0.667. The molecule has 2 rings (SSSR count). The molecular weight excluding hydrogens is 257 g/mol. The second-order valence-electron chi connectivity index (χ2n) is 3.71. The van der Waals surface area contributed by atoms with Crippen LogP contribution in [0.15, 0.2) is 6.20 Å². The van der Waals surface area contributed by atoms with E-state index in [9.17, 15) is 13.2 Å². The van der Waals surface area contributed by atoms with E-state index in [2.05, 4.69) is 4.98 Å². The first-order valence-electron chi connectivity index (χ1n) is 4.84. The van der Waals surface area contributed by atoms with Crippen LogP contribution in [0.5, 0.6) is 0 Å². The van der Waals surface area contributed by atoms with Crippen LogP contribution in [-0.2, 0) is 6.18 Å². The summed E-state index contributed by atoms with van der Waals surface area (Å²) in [7, 11) is 0. The van der Waals surface area contributed by atoms with Crippen LogP contribution >= 0.6 is 23.1 Å². The first-order valence-corrected chi connectivity index (χ1v) is 6.82. The third-order valence-electron chi connectivity index (χ3n) is 2.57. The molecule has 0 amide bonds. The number of hydrogen-bond acceptors (Lipinski definition) is 4. The molecule has 90 valence electrons. The Bertz CT molecular complexity index is 358. The third kappa shape index (κ3) is 2.52. The van der Waals surface area contributed by atoms with Crippen LogP contribution in [0.2, 0.25) is 0 Å². The van der Waals surface area contributed by atoms with Gasteiger partial charge in [-0.25, -0.2) is 4.98 Å². The van der Waals surface area contributed by atoms with E-state index in [0.717, 1.165) is 17.9 Å². The van der Waals surface area contributed by atoms with Crippen molar-refractivity contribution in [3.63, 3.8) is 0 Å². The minimum atomic E-state index is -4.35. The Labute approximate surface area is 99.4 Å². The summed E-state index contributed by atoms with van der Waals surface area (Å²) in [5.74, 6) is 2.26. The van der Waals surface area contributed by atoms with Crippen molar-refractivity contribution < 1.29 is 13.2 Å². The zero-order valence-electron chi connectivity index (χ0n) is 8.33. The van der Waals surface area contributed by atoms with Crippen molar-refractivity contribution in [1.82, 2.24) is 4.98 Å². The zero-order chi connectivity index (χ0) is 11.8. The van der Waals surface area contributed by atoms with Gasteiger partial charge in [0.1, 0.15) is 0 Å². The van der Waals surface area contributed by atoms with Crippen LogP contribution in [0, 0.1) is 5.92 Å². The summed E-state index contributed by atoms with van der Waals surface area (Å²) in [5, 5.41) is -0.802. The van der Waals surface area contributed by atoms with Crippen LogP contribution in [0.25, 0.3) is 0 Å². The van der Waals surface area contributed by atoms with Gasteiger partial charge in [-0.3, -0.25) is 0 Å². The number of nitrogens with two attached hydrogens (primary N) is 1. The number of rotatable bonds is 2. The van der Waals surface area contributed by atoms with Gasteiger partial charge in [-0.15, -0.1) is 11.3 Å². The number of alkyl halides is 3. The maximum atomic E-state index is 12.3. The fourth-order valence-electron chi connectivity index (χ4n) is 1.64. The predicted molar refractivity (Wildman–Crippen MR) is 59.5 cm³/mol. The lowest BCUT2D eigenvalue weighted by Gasteiger charge is -2.15. The standard InChI is InChI=1S/C9H11F3N2S2/c10-9(11,12)8-14-3-6(16-8)7(13)5-1-2-15-4-5/h3,5,7H,1-2,4,13H2. The summed E-state index contributed by atoms with van der Waals surface area (Å²) < 4.78 is 37.0. The molecule has 0 spiro atoms. The average Bonchev–Trinajstić information content (AvgIpc) is 2.87. The molecule has 0 aromatic carbocycles. The Morgan fingerprint density at radius 2 is 2.25 bits per heavy atom. The van der Waals surface area contributed by atoms with Crippen LogP contribution in [-0.4, -0.2) is 16.5 Å². The van der Waals surface area contributed by atoms with Gasteiger partial charge >= 0.3 is 6.18 Å². The lowest BCUT2D eigenvalue weighted by Crippen LogP contribution is -2.19. The quantitative estimate of drug-likeness (QED) is 0.896. The second-order valence-corrected chi connectivity index (χ2v) is 5.93. The molecule has 7 heteroatoms. The Morgan fingerprint density at radius 1 is 1.50 bits per heavy atom. The normalized spacial score (nSPS) is 23.6. The highest BCUT2D eigenvalue weighted by atomic mass is 32.2. The van der Waals surface area contributed by atoms with E-state index in [1.807, 2.05) is 0 Å². The van der Waals surface area contributed by atoms with Crippen molar-refractivity contribution in [1.29, 1.82) is 0 Å². The summed E-state index contributed by atoms with van der Waals surface area (Å²) in [6.07, 6.45) is -2.11. The molecule has 1 aromatic rings. The fourth-order valence-corrected chi connectivity index (χ4v) is 3.83. The number of aromatic nitrogens is 1. The molecule has 16 heavy (non-hydrogen) atoms. The SMILES string of the molecule is NC(c1cnc(C(F)(F)F)s1)C1CCSC1. The monoisotopic (exact) mass is 268 g/mol. The van der Waals surface area contributed by atoms with E-state index in [1.54, 1.807) is 11.8 Å². The van der Waals surface area contributed by atoms with Gasteiger partial charge < -0.3 is 5.73 Å². The topological polar surface area (TPSA) is 38.9 Å². The minimum Gasteiger partial charge on any atom is -0.323 e. The van der Waals surface area contributed by atoms with Gasteiger partial charge in [-0.05, 0) is 23.8 Å². The molecule has 1 aromatic heterocycles. The lowest BCUT2D eigenvalue weighted by atomic mass is 9.99. The van der Waals surface area contributed by atoms with E-state index in [-0.39, 0.29) is 12.0 Å². The van der Waals surface area contributed by atoms with Gasteiger partial charge in [-0.1, -0.05) is 0 Å². The van der Waals surface area contributed by atoms with Crippen molar-refractivity contribution >= 4 is 23.1 Å². The zero-order valence-corrected chi connectivity index (χ0v) is 9.96. The van der Waals surface area contributed by atoms with Crippen LogP contribution in [0.3, 0.4) is 0 Å². The van der Waals surface area contributed by atoms with Crippen molar-refractivity contribution in [2.24, 2.45) is 11.7 Å². The molecule has 1 fully saturated rings. The smallest absolute Gasteiger partial charge is 0.323 e. The summed E-state index contributed by atoms with van der Waals surface area (Å²) >= 11 is 2.46. The van der Waals surface area contributed by atoms with Crippen LogP contribution < -0.4 is 5.73 Å². The van der Waals surface area contributed by atoms with E-state index < -0.39 is 11.2 Å². The maximum Gasteiger partial charge on any atom is 0.443 e. The Kier molecular flexibility index (Phi) is 3.46. The van der Waals surface area contributed by atoms with Crippen LogP contribution in [0.1, 0.15) is 22.3 Å². The first kappa shape index (κ1) is 12.2. The van der Waals surface area contributed by atoms with Gasteiger partial charge in [0.05, 0.1) is 0 Å². The van der Waals surface area contributed by atoms with Crippen molar-refractivity contribution in [3.05, 3.63) is 16.1 Å². The van der Waals surface area contributed by atoms with Crippen LogP contribution in [0.4, 0.5) is 13.2 Å². The molecule has 2 unspecified atom stereocenters. The Balaban J connectivity index is 2.12. The molecular formula is C9H11F3N2S2. The van der Waals surface area contributed by atoms with Crippen molar-refractivity contribution in [2.75, 3.05) is 11.5 Å². The van der Waals surface area contributed by atoms with Crippen molar-refractivity contribution in [2.45, 2.75) is 18.6 Å². The molecule has 1 saturated heterocycles. The van der Waals surface area contributed by atoms with Gasteiger partial charge in [0.25, 0.3) is 0 Å². The summed E-state index contributed by atoms with van der Waals surface area (Å²) in [5.41, 5.74) is 5.95. The summed E-state index contributed by atoms with van der Waals surface area (Å²) in [4.78, 5) is 3.93. The molecule has 2 atom stereocenters. The molecule has 1 aliphatic rings. The largest absolute Gasteiger partial charge is 0.443 e. The summed E-state index contributed by atoms with van der Waals surface area (Å²) in [6, 6.07) is -0.302. The highest BCUT2D eigenvalue weighted by molar-refractivity contribution is 7.99. The van der Waals surface area contributed by atoms with Gasteiger partial charge in [-0.2, -0.15) is 24.9 Å². The van der Waals surface area contributed by atoms with E-state index in [0.29, 0.717) is 16.2 Å². The Hall–Kier alpha value is -0.270. The highest BCUT2D eigenvalue weighted by Crippen LogP contribution is 2.38. The summed E-state index contributed by atoms with van der Waals surface area (Å²) in [6.45, 7) is 0. The number of nitrogens with zero attached hydrogens (tertiary/aromatic N) is 1. The number of thioether (sulfide) groups is 1. The lowest BCUT2D eigenvalue weighted by molar-refractivity contribution is -0.137. The second kappa shape index (κ2) is 4.54. The van der Waals surface area contributed by atoms with Gasteiger partial charge in [0, 0.05) is 17.1 Å². The molecule has 2 N–H and O–H groups in total. The van der Waals surface area contributed by atoms with E-state index in [1.165, 1.54) is 6.20 Å². The minimum absolute atomic E-state index is 0.284. The average molecular weight is 268 g/mol. The van der Waals surface area contributed by atoms with Crippen molar-refractivity contribution in [3.8, 4) is 0 Å². The molecule has 0 bridgehead atoms. The molecule has 2 heterocycles. The Morgan fingerprint density at radius 3 is 2.75 bits per heavy atom. The third-order valence-corrected chi connectivity index (χ3v) is 4.90. The first-order chi connectivity index (χ1) is 7.48. The van der Waals surface area contributed by atoms with E-state index in [4.69, 9.17) is 5.73 Å². The molecule has 2 nitrogen and oxygen atoms in total. The number of thiazole rings is 1. The number of hydrogen-bond donors (Lipinski definition) is 1. The van der Waals surface area contributed by atoms with Gasteiger partial charge in [0.2, 0.25) is 0 Å². The number of halogens is 3. The van der Waals surface area contributed by atoms with E-state index >= 15 is 0 Å².